The minimum Gasteiger partial charge on any atom is -0.493 e. The highest BCUT2D eigenvalue weighted by Gasteiger charge is 2.52. The fourth-order valence-electron chi connectivity index (χ4n) is 5.19. The lowest BCUT2D eigenvalue weighted by Gasteiger charge is -2.36. The van der Waals surface area contributed by atoms with Gasteiger partial charge in [0.05, 0.1) is 11.8 Å². The van der Waals surface area contributed by atoms with Gasteiger partial charge in [-0.3, -0.25) is 9.69 Å². The van der Waals surface area contributed by atoms with Crippen molar-refractivity contribution in [3.05, 3.63) is 48.2 Å². The molecule has 8 nitrogen and oxygen atoms in total. The topological polar surface area (TPSA) is 86.3 Å². The van der Waals surface area contributed by atoms with Crippen LogP contribution in [-0.2, 0) is 30.3 Å². The molecule has 0 radical (unpaired) electrons. The predicted molar refractivity (Wildman–Crippen MR) is 137 cm³/mol. The molecule has 0 spiro atoms. The van der Waals surface area contributed by atoms with Crippen LogP contribution < -0.4 is 5.32 Å². The van der Waals surface area contributed by atoms with Crippen molar-refractivity contribution in [1.29, 1.82) is 0 Å². The summed E-state index contributed by atoms with van der Waals surface area (Å²) in [7, 11) is 0. The van der Waals surface area contributed by atoms with E-state index in [2.05, 4.69) is 11.9 Å². The molecule has 1 aromatic rings. The van der Waals surface area contributed by atoms with Crippen LogP contribution in [0.4, 0.5) is 4.79 Å². The molecule has 0 aromatic heterocycles. The van der Waals surface area contributed by atoms with Crippen LogP contribution in [-0.4, -0.2) is 60.1 Å². The Morgan fingerprint density at radius 1 is 1.11 bits per heavy atom. The molecule has 1 aromatic carbocycles. The number of benzene rings is 1. The highest BCUT2D eigenvalue weighted by atomic mass is 16.7. The van der Waals surface area contributed by atoms with Crippen molar-refractivity contribution in [3.8, 4) is 0 Å². The van der Waals surface area contributed by atoms with Crippen LogP contribution in [0.1, 0.15) is 65.9 Å². The highest BCUT2D eigenvalue weighted by molar-refractivity contribution is 5.87. The Labute approximate surface area is 215 Å². The fraction of sp³-hybridized carbons (Fsp3) is 0.643. The van der Waals surface area contributed by atoms with E-state index in [1.165, 1.54) is 0 Å². The molecule has 200 valence electrons. The van der Waals surface area contributed by atoms with Crippen LogP contribution >= 0.6 is 0 Å². The Morgan fingerprint density at radius 3 is 2.39 bits per heavy atom. The van der Waals surface area contributed by atoms with Crippen molar-refractivity contribution in [1.82, 2.24) is 10.2 Å². The Hall–Kier alpha value is -2.58. The van der Waals surface area contributed by atoms with Gasteiger partial charge in [-0.05, 0) is 65.4 Å². The maximum atomic E-state index is 13.7. The van der Waals surface area contributed by atoms with E-state index in [0.29, 0.717) is 25.4 Å². The van der Waals surface area contributed by atoms with E-state index in [-0.39, 0.29) is 24.5 Å². The van der Waals surface area contributed by atoms with Crippen LogP contribution in [0.25, 0.3) is 0 Å². The lowest BCUT2D eigenvalue weighted by atomic mass is 9.97. The average molecular weight is 503 g/mol. The number of likely N-dealkylation sites (tertiary alicyclic amines) is 1. The second-order valence-electron chi connectivity index (χ2n) is 10.5. The number of nitrogens with zero attached hydrogens (tertiary/aromatic N) is 1. The van der Waals surface area contributed by atoms with Crippen molar-refractivity contribution < 1.29 is 28.5 Å². The van der Waals surface area contributed by atoms with Crippen molar-refractivity contribution in [2.45, 2.75) is 96.9 Å². The van der Waals surface area contributed by atoms with E-state index in [4.69, 9.17) is 18.9 Å². The summed E-state index contributed by atoms with van der Waals surface area (Å²) in [5.74, 6) is 0.410. The van der Waals surface area contributed by atoms with Gasteiger partial charge in [0, 0.05) is 25.7 Å². The van der Waals surface area contributed by atoms with Crippen LogP contribution in [0.3, 0.4) is 0 Å². The summed E-state index contributed by atoms with van der Waals surface area (Å²) in [6.07, 6.45) is 1.82. The molecule has 1 aliphatic heterocycles. The van der Waals surface area contributed by atoms with Crippen molar-refractivity contribution in [2.75, 3.05) is 13.2 Å². The maximum absolute atomic E-state index is 13.7. The lowest BCUT2D eigenvalue weighted by molar-refractivity contribution is -0.161. The number of amides is 2. The first-order valence-corrected chi connectivity index (χ1v) is 13.0. The van der Waals surface area contributed by atoms with Gasteiger partial charge in [0.15, 0.2) is 6.29 Å². The summed E-state index contributed by atoms with van der Waals surface area (Å²) in [5, 5.41) is 3.11. The van der Waals surface area contributed by atoms with Gasteiger partial charge in [0.1, 0.15) is 18.2 Å². The van der Waals surface area contributed by atoms with E-state index in [1.807, 2.05) is 65.0 Å². The van der Waals surface area contributed by atoms with Gasteiger partial charge in [-0.2, -0.15) is 0 Å². The van der Waals surface area contributed by atoms with Crippen molar-refractivity contribution in [3.63, 3.8) is 0 Å². The number of nitrogens with one attached hydrogen (secondary N) is 1. The smallest absolute Gasteiger partial charge is 0.411 e. The Morgan fingerprint density at radius 2 is 1.78 bits per heavy atom. The molecule has 2 aliphatic rings. The number of rotatable bonds is 12. The molecule has 2 fully saturated rings. The van der Waals surface area contributed by atoms with Gasteiger partial charge in [-0.1, -0.05) is 36.9 Å². The zero-order valence-electron chi connectivity index (χ0n) is 22.3. The van der Waals surface area contributed by atoms with Crippen molar-refractivity contribution >= 4 is 12.0 Å². The maximum Gasteiger partial charge on any atom is 0.411 e. The average Bonchev–Trinajstić information content (AvgIpc) is 3.43. The summed E-state index contributed by atoms with van der Waals surface area (Å²) < 4.78 is 23.2. The predicted octanol–water partition coefficient (Wildman–Crippen LogP) is 4.78. The normalized spacial score (nSPS) is 21.9. The quantitative estimate of drug-likeness (QED) is 0.327. The van der Waals surface area contributed by atoms with Gasteiger partial charge in [0.25, 0.3) is 0 Å². The number of carbonyl (C=O) groups excluding carboxylic acids is 2. The lowest BCUT2D eigenvalue weighted by Crippen LogP contribution is -2.57. The van der Waals surface area contributed by atoms with Crippen LogP contribution in [0.5, 0.6) is 0 Å². The monoisotopic (exact) mass is 502 g/mol. The van der Waals surface area contributed by atoms with Crippen LogP contribution in [0, 0.1) is 5.92 Å². The molecule has 2 bridgehead atoms. The third-order valence-electron chi connectivity index (χ3n) is 6.49. The number of ether oxygens (including phenoxy) is 4. The zero-order chi connectivity index (χ0) is 26.3. The summed E-state index contributed by atoms with van der Waals surface area (Å²) >= 11 is 0. The van der Waals surface area contributed by atoms with Gasteiger partial charge in [-0.25, -0.2) is 4.79 Å². The van der Waals surface area contributed by atoms with E-state index < -0.39 is 30.1 Å². The zero-order valence-corrected chi connectivity index (χ0v) is 22.3. The first-order valence-electron chi connectivity index (χ1n) is 13.0. The first kappa shape index (κ1) is 28.0. The number of hydrogen-bond donors (Lipinski definition) is 1. The highest BCUT2D eigenvalue weighted by Crippen LogP contribution is 2.43. The van der Waals surface area contributed by atoms with E-state index >= 15 is 0 Å². The Bertz CT molecular complexity index is 878. The third kappa shape index (κ3) is 7.46. The second-order valence-corrected chi connectivity index (χ2v) is 10.5. The van der Waals surface area contributed by atoms with Gasteiger partial charge in [-0.15, -0.1) is 0 Å². The largest absolute Gasteiger partial charge is 0.493 e. The Balaban J connectivity index is 1.73. The molecule has 3 unspecified atom stereocenters. The molecule has 1 saturated heterocycles. The van der Waals surface area contributed by atoms with Gasteiger partial charge in [0.2, 0.25) is 5.91 Å². The van der Waals surface area contributed by atoms with E-state index in [0.717, 1.165) is 24.8 Å². The molecular formula is C28H42N2O6. The summed E-state index contributed by atoms with van der Waals surface area (Å²) in [5.41, 5.74) is 0.493. The molecule has 36 heavy (non-hydrogen) atoms. The third-order valence-corrected chi connectivity index (χ3v) is 6.49. The minimum absolute atomic E-state index is 0.0150. The number of carbonyl (C=O) groups is 2. The Kier molecular flexibility index (Phi) is 9.79. The summed E-state index contributed by atoms with van der Waals surface area (Å²) in [6.45, 7) is 14.7. The molecule has 1 heterocycles. The van der Waals surface area contributed by atoms with Crippen LogP contribution in [0.15, 0.2) is 42.7 Å². The van der Waals surface area contributed by atoms with E-state index in [9.17, 15) is 9.59 Å². The van der Waals surface area contributed by atoms with Gasteiger partial charge >= 0.3 is 6.09 Å². The van der Waals surface area contributed by atoms with Crippen LogP contribution in [0.2, 0.25) is 0 Å². The fourth-order valence-corrected chi connectivity index (χ4v) is 5.19. The van der Waals surface area contributed by atoms with E-state index in [1.54, 1.807) is 4.90 Å². The standard InChI is InChI=1S/C28H42N2O6/c1-7-33-26(34-8-2)23(16-19(3)36-28(4,5)6)29-25(31)24-21-14-15-22(17-21)30(24)27(32)35-18-20-12-10-9-11-13-20/h9-13,21-24,26H,3,7-8,14-18H2,1-2,4-6H3,(H,29,31)/t21?,22?,23-,24?/m0/s1. The molecule has 1 saturated carbocycles. The molecule has 1 N–H and O–H groups in total. The first-order chi connectivity index (χ1) is 17.1. The summed E-state index contributed by atoms with van der Waals surface area (Å²) in [6, 6.07) is 8.45. The molecule has 4 atom stereocenters. The molecule has 3 rings (SSSR count). The number of piperidine rings is 1. The SMILES string of the molecule is C=C(C[C@H](NC(=O)C1C2CCC(C2)N1C(=O)OCc1ccccc1)C(OCC)OCC)OC(C)(C)C. The van der Waals surface area contributed by atoms with Crippen molar-refractivity contribution in [2.24, 2.45) is 5.92 Å². The molecular weight excluding hydrogens is 460 g/mol. The minimum atomic E-state index is -0.665. The molecule has 8 heteroatoms. The molecule has 2 amide bonds. The molecule has 1 aliphatic carbocycles. The van der Waals surface area contributed by atoms with Gasteiger partial charge < -0.3 is 24.3 Å². The second kappa shape index (κ2) is 12.6. The summed E-state index contributed by atoms with van der Waals surface area (Å²) in [4.78, 5) is 28.4. The number of hydrogen-bond acceptors (Lipinski definition) is 6. The number of fused-ring (bicyclic) bond motifs is 2.